The highest BCUT2D eigenvalue weighted by Gasteiger charge is 2.51. The van der Waals surface area contributed by atoms with Gasteiger partial charge in [0.1, 0.15) is 48.8 Å². The first kappa shape index (κ1) is 30.2. The molecule has 1 saturated carbocycles. The first-order valence-electron chi connectivity index (χ1n) is 13.8. The fourth-order valence-electron chi connectivity index (χ4n) is 5.85. The molecule has 3 aliphatic heterocycles. The number of hydrogen-bond acceptors (Lipinski definition) is 12. The molecule has 38 heavy (non-hydrogen) atoms. The van der Waals surface area contributed by atoms with E-state index >= 15 is 0 Å². The van der Waals surface area contributed by atoms with Gasteiger partial charge in [-0.1, -0.05) is 13.3 Å². The summed E-state index contributed by atoms with van der Waals surface area (Å²) in [5.41, 5.74) is 0. The lowest BCUT2D eigenvalue weighted by molar-refractivity contribution is -0.351. The lowest BCUT2D eigenvalue weighted by Gasteiger charge is -2.47. The largest absolute Gasteiger partial charge is 0.394 e. The molecule has 0 aromatic rings. The van der Waals surface area contributed by atoms with E-state index in [1.807, 2.05) is 6.92 Å². The number of carbonyl (C=O) groups is 1. The molecular weight excluding hydrogens is 504 g/mol. The minimum absolute atomic E-state index is 0.00209. The molecule has 4 aliphatic rings. The van der Waals surface area contributed by atoms with Gasteiger partial charge in [-0.15, -0.1) is 0 Å². The first-order chi connectivity index (χ1) is 18.1. The minimum Gasteiger partial charge on any atom is -0.394 e. The average molecular weight is 549 g/mol. The molecule has 0 amide bonds. The van der Waals surface area contributed by atoms with Gasteiger partial charge in [0.25, 0.3) is 0 Å². The van der Waals surface area contributed by atoms with E-state index in [-0.39, 0.29) is 11.7 Å². The zero-order valence-corrected chi connectivity index (χ0v) is 22.3. The van der Waals surface area contributed by atoms with Crippen LogP contribution in [-0.2, 0) is 33.2 Å². The van der Waals surface area contributed by atoms with Crippen LogP contribution >= 0.6 is 0 Å². The van der Waals surface area contributed by atoms with Crippen molar-refractivity contribution in [1.82, 2.24) is 0 Å². The van der Waals surface area contributed by atoms with Gasteiger partial charge in [-0.25, -0.2) is 0 Å². The summed E-state index contributed by atoms with van der Waals surface area (Å²) >= 11 is 0. The molecule has 0 spiro atoms. The van der Waals surface area contributed by atoms with E-state index in [9.17, 15) is 30.3 Å². The standard InChI is InChI=1S/C26H44O12/c1-12-7-6-9-16(22(12)38-25-21(32)20(31)18(29)14(3)34-25)36-26-24-23(19(30)17(11-27)37-26)35-15(13(2)28)8-4-5-10-33-24/h12,14-27,29-32H,4-11H2,1-3H3/t12-,14?,15-,16-,17?,18-,19+,20?,21+,22?,23?,24?,25+,26-/m1/s1. The van der Waals surface area contributed by atoms with E-state index in [1.54, 1.807) is 6.92 Å². The first-order valence-corrected chi connectivity index (χ1v) is 13.8. The van der Waals surface area contributed by atoms with Crippen molar-refractivity contribution in [3.05, 3.63) is 0 Å². The van der Waals surface area contributed by atoms with Crippen LogP contribution in [0.15, 0.2) is 0 Å². The fourth-order valence-corrected chi connectivity index (χ4v) is 5.85. The summed E-state index contributed by atoms with van der Waals surface area (Å²) in [6.45, 7) is 4.90. The van der Waals surface area contributed by atoms with Gasteiger partial charge in [-0.2, -0.15) is 0 Å². The maximum Gasteiger partial charge on any atom is 0.187 e. The van der Waals surface area contributed by atoms with Crippen LogP contribution in [0.4, 0.5) is 0 Å². The second kappa shape index (κ2) is 13.3. The van der Waals surface area contributed by atoms with Crippen molar-refractivity contribution in [2.24, 2.45) is 5.92 Å². The summed E-state index contributed by atoms with van der Waals surface area (Å²) in [4.78, 5) is 12.2. The third-order valence-electron chi connectivity index (χ3n) is 8.23. The number of carbonyl (C=O) groups excluding carboxylic acids is 1. The Hall–Kier alpha value is -0.770. The van der Waals surface area contributed by atoms with Crippen LogP contribution in [0.25, 0.3) is 0 Å². The summed E-state index contributed by atoms with van der Waals surface area (Å²) in [5, 5.41) is 51.6. The van der Waals surface area contributed by atoms with Gasteiger partial charge in [0.05, 0.1) is 24.9 Å². The SMILES string of the molecule is CC(=O)[C@H]1CCCCOC2C(O1)[C@@H](O)C(CO)O[C@H]2O[C@@H]1CCC[C@@H](C)C1O[C@@H]1OC(C)[C@@H](O)C(O)[C@@H]1O. The monoisotopic (exact) mass is 548 g/mol. The van der Waals surface area contributed by atoms with Gasteiger partial charge < -0.3 is 54.0 Å². The van der Waals surface area contributed by atoms with E-state index in [2.05, 4.69) is 0 Å². The summed E-state index contributed by atoms with van der Waals surface area (Å²) in [6.07, 6.45) is -8.74. The molecule has 0 aromatic heterocycles. The van der Waals surface area contributed by atoms with Gasteiger partial charge in [0, 0.05) is 6.61 Å². The van der Waals surface area contributed by atoms with Crippen molar-refractivity contribution >= 4 is 5.78 Å². The van der Waals surface area contributed by atoms with Gasteiger partial charge >= 0.3 is 0 Å². The Labute approximate surface area is 223 Å². The van der Waals surface area contributed by atoms with Crippen molar-refractivity contribution in [1.29, 1.82) is 0 Å². The maximum absolute atomic E-state index is 12.2. The second-order valence-electron chi connectivity index (χ2n) is 11.1. The molecule has 4 fully saturated rings. The molecule has 12 heteroatoms. The van der Waals surface area contributed by atoms with Gasteiger partial charge in [0.2, 0.25) is 0 Å². The molecular formula is C26H44O12. The third-order valence-corrected chi connectivity index (χ3v) is 8.23. The van der Waals surface area contributed by atoms with E-state index in [4.69, 9.17) is 28.4 Å². The lowest BCUT2D eigenvalue weighted by atomic mass is 9.85. The highest BCUT2D eigenvalue weighted by atomic mass is 16.7. The number of Topliss-reactive ketones (excluding diaryl/α,β-unsaturated/α-hetero) is 1. The van der Waals surface area contributed by atoms with Gasteiger partial charge in [0.15, 0.2) is 18.4 Å². The Morgan fingerprint density at radius 1 is 0.816 bits per heavy atom. The van der Waals surface area contributed by atoms with Gasteiger partial charge in [-0.05, 0) is 51.9 Å². The predicted molar refractivity (Wildman–Crippen MR) is 130 cm³/mol. The Kier molecular flexibility index (Phi) is 10.5. The summed E-state index contributed by atoms with van der Waals surface area (Å²) in [6, 6.07) is 0. The number of rotatable bonds is 6. The molecule has 3 heterocycles. The van der Waals surface area contributed by atoms with Crippen molar-refractivity contribution in [3.8, 4) is 0 Å². The zero-order valence-electron chi connectivity index (χ0n) is 22.3. The summed E-state index contributed by atoms with van der Waals surface area (Å²) < 4.78 is 36.4. The normalized spacial score (nSPS) is 48.8. The van der Waals surface area contributed by atoms with E-state index < -0.39 is 86.3 Å². The van der Waals surface area contributed by atoms with Crippen LogP contribution in [0, 0.1) is 5.92 Å². The molecule has 3 saturated heterocycles. The molecule has 5 N–H and O–H groups in total. The van der Waals surface area contributed by atoms with E-state index in [0.29, 0.717) is 32.3 Å². The highest BCUT2D eigenvalue weighted by molar-refractivity contribution is 5.80. The second-order valence-corrected chi connectivity index (χ2v) is 11.1. The molecule has 6 unspecified atom stereocenters. The summed E-state index contributed by atoms with van der Waals surface area (Å²) in [5.74, 6) is -0.147. The van der Waals surface area contributed by atoms with Crippen molar-refractivity contribution < 1.29 is 58.7 Å². The Bertz CT molecular complexity index is 769. The van der Waals surface area contributed by atoms with Crippen molar-refractivity contribution in [2.45, 2.75) is 139 Å². The molecule has 0 radical (unpaired) electrons. The lowest BCUT2D eigenvalue weighted by Crippen LogP contribution is -2.63. The van der Waals surface area contributed by atoms with Crippen LogP contribution < -0.4 is 0 Å². The average Bonchev–Trinajstić information content (AvgIpc) is 3.00. The van der Waals surface area contributed by atoms with E-state index in [1.165, 1.54) is 6.92 Å². The molecule has 1 aliphatic carbocycles. The number of hydrogen-bond donors (Lipinski definition) is 5. The number of fused-ring (bicyclic) bond motifs is 1. The molecule has 0 bridgehead atoms. The van der Waals surface area contributed by atoms with Crippen molar-refractivity contribution in [2.75, 3.05) is 13.2 Å². The molecule has 14 atom stereocenters. The van der Waals surface area contributed by atoms with E-state index in [0.717, 1.165) is 12.8 Å². The predicted octanol–water partition coefficient (Wildman–Crippen LogP) is -0.606. The highest BCUT2D eigenvalue weighted by Crippen LogP contribution is 2.36. The number of aliphatic hydroxyl groups excluding tert-OH is 5. The Morgan fingerprint density at radius 3 is 2.29 bits per heavy atom. The van der Waals surface area contributed by atoms with Crippen LogP contribution in [-0.4, -0.2) is 124 Å². The maximum atomic E-state index is 12.2. The van der Waals surface area contributed by atoms with Gasteiger partial charge in [-0.3, -0.25) is 4.79 Å². The smallest absolute Gasteiger partial charge is 0.187 e. The Balaban J connectivity index is 1.54. The number of ether oxygens (including phenoxy) is 6. The van der Waals surface area contributed by atoms with Crippen LogP contribution in [0.3, 0.4) is 0 Å². The van der Waals surface area contributed by atoms with Crippen LogP contribution in [0.2, 0.25) is 0 Å². The molecule has 220 valence electrons. The quantitative estimate of drug-likeness (QED) is 0.285. The topological polar surface area (TPSA) is 174 Å². The Morgan fingerprint density at radius 2 is 1.58 bits per heavy atom. The third kappa shape index (κ3) is 6.58. The van der Waals surface area contributed by atoms with Crippen molar-refractivity contribution in [3.63, 3.8) is 0 Å². The fraction of sp³-hybridized carbons (Fsp3) is 0.962. The number of aliphatic hydroxyl groups is 5. The van der Waals surface area contributed by atoms with Crippen LogP contribution in [0.1, 0.15) is 59.3 Å². The summed E-state index contributed by atoms with van der Waals surface area (Å²) in [7, 11) is 0. The zero-order chi connectivity index (χ0) is 27.6. The number of ketones is 1. The molecule has 4 rings (SSSR count). The molecule has 12 nitrogen and oxygen atoms in total. The molecule has 0 aromatic carbocycles. The minimum atomic E-state index is -1.45. The van der Waals surface area contributed by atoms with Crippen LogP contribution in [0.5, 0.6) is 0 Å².